The summed E-state index contributed by atoms with van der Waals surface area (Å²) in [5, 5.41) is 9.37. The highest BCUT2D eigenvalue weighted by Gasteiger charge is 2.21. The van der Waals surface area contributed by atoms with Crippen molar-refractivity contribution in [2.45, 2.75) is 19.4 Å². The van der Waals surface area contributed by atoms with Crippen molar-refractivity contribution in [2.75, 3.05) is 45.9 Å². The Morgan fingerprint density at radius 1 is 1.23 bits per heavy atom. The van der Waals surface area contributed by atoms with Gasteiger partial charge in [-0.3, -0.25) is 9.69 Å². The smallest absolute Gasteiger partial charge is 0.248 e. The molecule has 0 bridgehead atoms. The molecule has 1 aromatic carbocycles. The molecule has 0 spiro atoms. The molecule has 0 saturated carbocycles. The molecule has 1 saturated heterocycles. The summed E-state index contributed by atoms with van der Waals surface area (Å²) in [5.41, 5.74) is 1.22. The van der Waals surface area contributed by atoms with Gasteiger partial charge in [-0.05, 0) is 18.9 Å². The molecule has 1 aliphatic heterocycles. The van der Waals surface area contributed by atoms with Crippen LogP contribution in [0.15, 0.2) is 30.3 Å². The van der Waals surface area contributed by atoms with E-state index in [4.69, 9.17) is 4.74 Å². The molecule has 1 N–H and O–H groups in total. The van der Waals surface area contributed by atoms with E-state index in [0.29, 0.717) is 26.2 Å². The fourth-order valence-corrected chi connectivity index (χ4v) is 2.64. The molecule has 1 heterocycles. The van der Waals surface area contributed by atoms with Crippen LogP contribution in [0.2, 0.25) is 0 Å². The Bertz CT molecular complexity index is 442. The number of hydrogen-bond donors (Lipinski definition) is 1. The maximum Gasteiger partial charge on any atom is 0.248 e. The number of rotatable bonds is 7. The van der Waals surface area contributed by atoms with Gasteiger partial charge in [0.2, 0.25) is 5.91 Å². The third-order valence-electron chi connectivity index (χ3n) is 3.85. The minimum absolute atomic E-state index is 0.0600. The molecule has 5 heteroatoms. The van der Waals surface area contributed by atoms with Gasteiger partial charge in [-0.1, -0.05) is 30.3 Å². The van der Waals surface area contributed by atoms with Crippen LogP contribution < -0.4 is 0 Å². The number of carbonyl (C=O) groups excluding carboxylic acids is 1. The highest BCUT2D eigenvalue weighted by Crippen LogP contribution is 2.04. The fraction of sp³-hybridized carbons (Fsp3) is 0.588. The van der Waals surface area contributed by atoms with Crippen molar-refractivity contribution in [3.63, 3.8) is 0 Å². The van der Waals surface area contributed by atoms with E-state index in [1.165, 1.54) is 5.56 Å². The van der Waals surface area contributed by atoms with Crippen molar-refractivity contribution in [2.24, 2.45) is 0 Å². The first-order valence-corrected chi connectivity index (χ1v) is 7.95. The summed E-state index contributed by atoms with van der Waals surface area (Å²) in [4.78, 5) is 16.1. The highest BCUT2D eigenvalue weighted by atomic mass is 16.5. The molecule has 5 nitrogen and oxygen atoms in total. The second kappa shape index (κ2) is 8.88. The van der Waals surface area contributed by atoms with Crippen molar-refractivity contribution < 1.29 is 14.6 Å². The van der Waals surface area contributed by atoms with E-state index in [-0.39, 0.29) is 18.6 Å². The molecular weight excluding hydrogens is 280 g/mol. The summed E-state index contributed by atoms with van der Waals surface area (Å²) in [6.45, 7) is 6.26. The number of carbonyl (C=O) groups is 1. The lowest BCUT2D eigenvalue weighted by molar-refractivity contribution is -0.138. The Morgan fingerprint density at radius 2 is 1.91 bits per heavy atom. The Hall–Kier alpha value is -1.43. The van der Waals surface area contributed by atoms with Gasteiger partial charge in [-0.15, -0.1) is 0 Å². The van der Waals surface area contributed by atoms with E-state index in [0.717, 1.165) is 19.5 Å². The van der Waals surface area contributed by atoms with E-state index in [1.807, 2.05) is 23.1 Å². The van der Waals surface area contributed by atoms with Gasteiger partial charge < -0.3 is 14.7 Å². The minimum Gasteiger partial charge on any atom is -0.392 e. The second-order valence-electron chi connectivity index (χ2n) is 5.82. The molecule has 1 unspecified atom stereocenters. The van der Waals surface area contributed by atoms with Gasteiger partial charge in [0.25, 0.3) is 0 Å². The average molecular weight is 306 g/mol. The SMILES string of the molecule is CC(O)CN1CCN(C(=O)COCCc2ccccc2)CC1. The normalized spacial score (nSPS) is 17.5. The van der Waals surface area contributed by atoms with Gasteiger partial charge in [0.1, 0.15) is 6.61 Å². The van der Waals surface area contributed by atoms with Crippen LogP contribution in [-0.4, -0.2) is 72.9 Å². The van der Waals surface area contributed by atoms with E-state index < -0.39 is 0 Å². The molecule has 0 radical (unpaired) electrons. The lowest BCUT2D eigenvalue weighted by Gasteiger charge is -2.35. The molecule has 122 valence electrons. The van der Waals surface area contributed by atoms with Gasteiger partial charge in [0.05, 0.1) is 12.7 Å². The lowest BCUT2D eigenvalue weighted by atomic mass is 10.2. The number of amides is 1. The Kier molecular flexibility index (Phi) is 6.83. The van der Waals surface area contributed by atoms with Crippen LogP contribution in [-0.2, 0) is 16.0 Å². The number of ether oxygens (including phenoxy) is 1. The van der Waals surface area contributed by atoms with Gasteiger partial charge in [-0.2, -0.15) is 0 Å². The van der Waals surface area contributed by atoms with Gasteiger partial charge >= 0.3 is 0 Å². The molecule has 1 fully saturated rings. The molecule has 2 rings (SSSR count). The molecule has 0 aliphatic carbocycles. The summed E-state index contributed by atoms with van der Waals surface area (Å²) < 4.78 is 5.50. The van der Waals surface area contributed by atoms with Gasteiger partial charge in [0, 0.05) is 32.7 Å². The zero-order valence-corrected chi connectivity index (χ0v) is 13.3. The molecule has 1 atom stereocenters. The number of aliphatic hydroxyl groups is 1. The maximum atomic E-state index is 12.1. The van der Waals surface area contributed by atoms with Crippen molar-refractivity contribution in [3.05, 3.63) is 35.9 Å². The number of benzene rings is 1. The number of nitrogens with zero attached hydrogens (tertiary/aromatic N) is 2. The fourth-order valence-electron chi connectivity index (χ4n) is 2.64. The third kappa shape index (κ3) is 5.75. The van der Waals surface area contributed by atoms with E-state index in [9.17, 15) is 9.90 Å². The van der Waals surface area contributed by atoms with Crippen molar-refractivity contribution in [1.29, 1.82) is 0 Å². The van der Waals surface area contributed by atoms with Crippen molar-refractivity contribution >= 4 is 5.91 Å². The Morgan fingerprint density at radius 3 is 2.55 bits per heavy atom. The molecule has 1 amide bonds. The first-order valence-electron chi connectivity index (χ1n) is 7.95. The highest BCUT2D eigenvalue weighted by molar-refractivity contribution is 5.77. The molecular formula is C17H26N2O3. The van der Waals surface area contributed by atoms with Crippen LogP contribution in [0.4, 0.5) is 0 Å². The summed E-state index contributed by atoms with van der Waals surface area (Å²) in [5.74, 6) is 0.0600. The first-order chi connectivity index (χ1) is 10.6. The predicted octanol–water partition coefficient (Wildman–Crippen LogP) is 0.771. The Balaban J connectivity index is 1.60. The Labute approximate surface area is 132 Å². The summed E-state index contributed by atoms with van der Waals surface area (Å²) in [6, 6.07) is 10.1. The predicted molar refractivity (Wildman–Crippen MR) is 85.7 cm³/mol. The topological polar surface area (TPSA) is 53.0 Å². The van der Waals surface area contributed by atoms with Gasteiger partial charge in [-0.25, -0.2) is 0 Å². The summed E-state index contributed by atoms with van der Waals surface area (Å²) in [7, 11) is 0. The molecule has 1 aliphatic rings. The largest absolute Gasteiger partial charge is 0.392 e. The zero-order valence-electron chi connectivity index (χ0n) is 13.3. The third-order valence-corrected chi connectivity index (χ3v) is 3.85. The number of β-amino-alcohol motifs (C(OH)–C–C–N with tert-alkyl or cyclic N) is 1. The first kappa shape index (κ1) is 16.9. The van der Waals surface area contributed by atoms with Gasteiger partial charge in [0.15, 0.2) is 0 Å². The molecule has 0 aromatic heterocycles. The zero-order chi connectivity index (χ0) is 15.8. The average Bonchev–Trinajstić information content (AvgIpc) is 2.52. The van der Waals surface area contributed by atoms with Crippen molar-refractivity contribution in [3.8, 4) is 0 Å². The van der Waals surface area contributed by atoms with Crippen LogP contribution in [0.3, 0.4) is 0 Å². The summed E-state index contributed by atoms with van der Waals surface area (Å²) >= 11 is 0. The number of hydrogen-bond acceptors (Lipinski definition) is 4. The standard InChI is InChI=1S/C17H26N2O3/c1-15(20)13-18-8-10-19(11-9-18)17(21)14-22-12-7-16-5-3-2-4-6-16/h2-6,15,20H,7-14H2,1H3. The van der Waals surface area contributed by atoms with E-state index in [1.54, 1.807) is 6.92 Å². The second-order valence-corrected chi connectivity index (χ2v) is 5.82. The summed E-state index contributed by atoms with van der Waals surface area (Å²) in [6.07, 6.45) is 0.514. The molecule has 22 heavy (non-hydrogen) atoms. The quantitative estimate of drug-likeness (QED) is 0.756. The maximum absolute atomic E-state index is 12.1. The molecule has 1 aromatic rings. The van der Waals surface area contributed by atoms with Crippen LogP contribution in [0, 0.1) is 0 Å². The number of aliphatic hydroxyl groups excluding tert-OH is 1. The van der Waals surface area contributed by atoms with E-state index >= 15 is 0 Å². The van der Waals surface area contributed by atoms with Crippen LogP contribution in [0.1, 0.15) is 12.5 Å². The van der Waals surface area contributed by atoms with Crippen LogP contribution in [0.25, 0.3) is 0 Å². The lowest BCUT2D eigenvalue weighted by Crippen LogP contribution is -2.51. The van der Waals surface area contributed by atoms with E-state index in [2.05, 4.69) is 17.0 Å². The van der Waals surface area contributed by atoms with Crippen LogP contribution in [0.5, 0.6) is 0 Å². The minimum atomic E-state index is -0.316. The van der Waals surface area contributed by atoms with Crippen LogP contribution >= 0.6 is 0 Å². The van der Waals surface area contributed by atoms with Crippen molar-refractivity contribution in [1.82, 2.24) is 9.80 Å². The number of piperazine rings is 1. The monoisotopic (exact) mass is 306 g/mol.